The minimum atomic E-state index is -0.938. The number of halogens is 3. The Kier molecular flexibility index (Phi) is 3.58. The second kappa shape index (κ2) is 5.14. The van der Waals surface area contributed by atoms with E-state index in [-0.39, 0.29) is 11.3 Å². The lowest BCUT2D eigenvalue weighted by Crippen LogP contribution is -1.95. The summed E-state index contributed by atoms with van der Waals surface area (Å²) in [6.45, 7) is 0. The van der Waals surface area contributed by atoms with Crippen LogP contribution in [0.4, 0.5) is 8.78 Å². The van der Waals surface area contributed by atoms with Crippen molar-refractivity contribution in [3.63, 3.8) is 0 Å². The fourth-order valence-electron chi connectivity index (χ4n) is 1.37. The van der Waals surface area contributed by atoms with Crippen molar-refractivity contribution in [2.75, 3.05) is 0 Å². The predicted octanol–water partition coefficient (Wildman–Crippen LogP) is 4.22. The third kappa shape index (κ3) is 2.65. The predicted molar refractivity (Wildman–Crippen MR) is 63.3 cm³/mol. The molecule has 0 amide bonds. The number of hydrogen-bond acceptors (Lipinski definition) is 2. The third-order valence-electron chi connectivity index (χ3n) is 2.19. The van der Waals surface area contributed by atoms with Crippen LogP contribution in [0.5, 0.6) is 11.5 Å². The Labute approximate surface area is 107 Å². The first-order valence-electron chi connectivity index (χ1n) is 4.98. The summed E-state index contributed by atoms with van der Waals surface area (Å²) in [6, 6.07) is 7.84. The highest BCUT2D eigenvalue weighted by molar-refractivity contribution is 6.30. The fourth-order valence-corrected chi connectivity index (χ4v) is 1.49. The highest BCUT2D eigenvalue weighted by Crippen LogP contribution is 2.28. The van der Waals surface area contributed by atoms with Crippen molar-refractivity contribution < 1.29 is 18.3 Å². The van der Waals surface area contributed by atoms with E-state index in [1.807, 2.05) is 0 Å². The Morgan fingerprint density at radius 2 is 1.61 bits per heavy atom. The SMILES string of the molecule is O=Cc1cc(F)c(Oc2ccc(Cl)cc2)c(F)c1. The number of carbonyl (C=O) groups excluding carboxylic acids is 1. The minimum absolute atomic E-state index is 0.0894. The molecule has 5 heteroatoms. The van der Waals surface area contributed by atoms with Crippen LogP contribution in [0.2, 0.25) is 5.02 Å². The van der Waals surface area contributed by atoms with Crippen molar-refractivity contribution in [2.45, 2.75) is 0 Å². The summed E-state index contributed by atoms with van der Waals surface area (Å²) in [4.78, 5) is 10.4. The molecule has 0 aromatic heterocycles. The Hall–Kier alpha value is -1.94. The molecule has 0 aliphatic carbocycles. The summed E-state index contributed by atoms with van der Waals surface area (Å²) in [6.07, 6.45) is 0.359. The van der Waals surface area contributed by atoms with E-state index >= 15 is 0 Å². The molecule has 0 unspecified atom stereocenters. The van der Waals surface area contributed by atoms with Gasteiger partial charge in [0.2, 0.25) is 0 Å². The highest BCUT2D eigenvalue weighted by atomic mass is 35.5. The van der Waals surface area contributed by atoms with Gasteiger partial charge >= 0.3 is 0 Å². The molecule has 0 radical (unpaired) electrons. The topological polar surface area (TPSA) is 26.3 Å². The summed E-state index contributed by atoms with van der Waals surface area (Å²) < 4.78 is 32.1. The minimum Gasteiger partial charge on any atom is -0.451 e. The lowest BCUT2D eigenvalue weighted by Gasteiger charge is -2.08. The van der Waals surface area contributed by atoms with Gasteiger partial charge in [-0.2, -0.15) is 0 Å². The molecular weight excluding hydrogens is 262 g/mol. The van der Waals surface area contributed by atoms with E-state index in [1.165, 1.54) is 24.3 Å². The molecule has 0 aliphatic heterocycles. The maximum absolute atomic E-state index is 13.5. The van der Waals surface area contributed by atoms with Gasteiger partial charge in [-0.15, -0.1) is 0 Å². The Morgan fingerprint density at radius 3 is 2.11 bits per heavy atom. The number of benzene rings is 2. The van der Waals surface area contributed by atoms with E-state index in [4.69, 9.17) is 16.3 Å². The molecule has 0 saturated carbocycles. The summed E-state index contributed by atoms with van der Waals surface area (Å²) in [5, 5.41) is 0.486. The van der Waals surface area contributed by atoms with E-state index in [0.29, 0.717) is 11.3 Å². The number of rotatable bonds is 3. The Balaban J connectivity index is 2.34. The molecule has 2 nitrogen and oxygen atoms in total. The molecule has 0 N–H and O–H groups in total. The number of hydrogen-bond donors (Lipinski definition) is 0. The van der Waals surface area contributed by atoms with Crippen molar-refractivity contribution in [3.8, 4) is 11.5 Å². The number of aldehydes is 1. The molecule has 0 atom stereocenters. The molecule has 2 rings (SSSR count). The summed E-state index contributed by atoms with van der Waals surface area (Å²) in [7, 11) is 0. The van der Waals surface area contributed by atoms with Gasteiger partial charge in [0.05, 0.1) is 0 Å². The van der Waals surface area contributed by atoms with Gasteiger partial charge in [-0.05, 0) is 36.4 Å². The van der Waals surface area contributed by atoms with Gasteiger partial charge in [0.25, 0.3) is 0 Å². The quantitative estimate of drug-likeness (QED) is 0.779. The first-order valence-corrected chi connectivity index (χ1v) is 5.35. The standard InChI is InChI=1S/C13H7ClF2O2/c14-9-1-3-10(4-2-9)18-13-11(15)5-8(7-17)6-12(13)16/h1-7H. The van der Waals surface area contributed by atoms with Crippen LogP contribution >= 0.6 is 11.6 Å². The van der Waals surface area contributed by atoms with Crippen LogP contribution in [0.25, 0.3) is 0 Å². The van der Waals surface area contributed by atoms with Crippen LogP contribution in [-0.4, -0.2) is 6.29 Å². The molecule has 0 spiro atoms. The summed E-state index contributed by atoms with van der Waals surface area (Å²) >= 11 is 5.67. The van der Waals surface area contributed by atoms with Crippen LogP contribution in [0.15, 0.2) is 36.4 Å². The van der Waals surface area contributed by atoms with Gasteiger partial charge in [0.15, 0.2) is 17.4 Å². The van der Waals surface area contributed by atoms with E-state index in [9.17, 15) is 13.6 Å². The van der Waals surface area contributed by atoms with Crippen LogP contribution in [0.1, 0.15) is 10.4 Å². The van der Waals surface area contributed by atoms with Crippen LogP contribution < -0.4 is 4.74 Å². The normalized spacial score (nSPS) is 10.2. The van der Waals surface area contributed by atoms with Crippen LogP contribution in [0, 0.1) is 11.6 Å². The van der Waals surface area contributed by atoms with E-state index in [2.05, 4.69) is 0 Å². The van der Waals surface area contributed by atoms with Crippen molar-refractivity contribution >= 4 is 17.9 Å². The van der Waals surface area contributed by atoms with E-state index < -0.39 is 17.4 Å². The zero-order valence-electron chi connectivity index (χ0n) is 8.99. The lowest BCUT2D eigenvalue weighted by molar-refractivity contribution is 0.112. The van der Waals surface area contributed by atoms with Crippen molar-refractivity contribution in [3.05, 3.63) is 58.6 Å². The highest BCUT2D eigenvalue weighted by Gasteiger charge is 2.13. The maximum atomic E-state index is 13.5. The Morgan fingerprint density at radius 1 is 1.06 bits per heavy atom. The van der Waals surface area contributed by atoms with Gasteiger partial charge in [-0.1, -0.05) is 11.6 Å². The number of carbonyl (C=O) groups is 1. The molecule has 0 heterocycles. The van der Waals surface area contributed by atoms with E-state index in [0.717, 1.165) is 12.1 Å². The Bertz CT molecular complexity index is 559. The van der Waals surface area contributed by atoms with Gasteiger partial charge in [0.1, 0.15) is 12.0 Å². The molecule has 92 valence electrons. The van der Waals surface area contributed by atoms with Gasteiger partial charge in [0, 0.05) is 10.6 Å². The smallest absolute Gasteiger partial charge is 0.198 e. The molecule has 0 fully saturated rings. The average molecular weight is 269 g/mol. The average Bonchev–Trinajstić information content (AvgIpc) is 2.35. The zero-order valence-corrected chi connectivity index (χ0v) is 9.75. The molecular formula is C13H7ClF2O2. The molecule has 0 bridgehead atoms. The number of ether oxygens (including phenoxy) is 1. The van der Waals surface area contributed by atoms with Crippen molar-refractivity contribution in [1.82, 2.24) is 0 Å². The largest absolute Gasteiger partial charge is 0.451 e. The maximum Gasteiger partial charge on any atom is 0.198 e. The van der Waals surface area contributed by atoms with Crippen molar-refractivity contribution in [1.29, 1.82) is 0 Å². The summed E-state index contributed by atoms with van der Waals surface area (Å²) in [5.74, 6) is -2.18. The molecule has 2 aromatic carbocycles. The van der Waals surface area contributed by atoms with Gasteiger partial charge < -0.3 is 4.74 Å². The van der Waals surface area contributed by atoms with Gasteiger partial charge in [-0.3, -0.25) is 4.79 Å². The molecule has 0 saturated heterocycles. The van der Waals surface area contributed by atoms with Crippen LogP contribution in [0.3, 0.4) is 0 Å². The molecule has 2 aromatic rings. The molecule has 0 aliphatic rings. The monoisotopic (exact) mass is 268 g/mol. The van der Waals surface area contributed by atoms with Gasteiger partial charge in [-0.25, -0.2) is 8.78 Å². The van der Waals surface area contributed by atoms with E-state index in [1.54, 1.807) is 0 Å². The first kappa shape index (κ1) is 12.5. The van der Waals surface area contributed by atoms with Crippen molar-refractivity contribution in [2.24, 2.45) is 0 Å². The second-order valence-corrected chi connectivity index (χ2v) is 3.92. The zero-order chi connectivity index (χ0) is 13.1. The van der Waals surface area contributed by atoms with Crippen LogP contribution in [-0.2, 0) is 0 Å². The lowest BCUT2D eigenvalue weighted by atomic mass is 10.2. The fraction of sp³-hybridized carbons (Fsp3) is 0. The first-order chi connectivity index (χ1) is 8.60. The molecule has 18 heavy (non-hydrogen) atoms. The third-order valence-corrected chi connectivity index (χ3v) is 2.44. The second-order valence-electron chi connectivity index (χ2n) is 3.49. The summed E-state index contributed by atoms with van der Waals surface area (Å²) in [5.41, 5.74) is -0.0894.